The third kappa shape index (κ3) is 5.42. The highest BCUT2D eigenvalue weighted by molar-refractivity contribution is 5.77. The standard InChI is InChI=1S/C15H29N3O5/c1-8(2)12(16)14(20)22-10-5-18(7-19)6-11(10)23-15(21)13(17)9(3)4/h8-13,19H,5-7,16-17H2,1-4H3. The maximum absolute atomic E-state index is 12.0. The van der Waals surface area contributed by atoms with Crippen LogP contribution in [0.3, 0.4) is 0 Å². The summed E-state index contributed by atoms with van der Waals surface area (Å²) in [5, 5.41) is 9.26. The van der Waals surface area contributed by atoms with E-state index in [0.717, 1.165) is 0 Å². The first-order valence-corrected chi connectivity index (χ1v) is 7.92. The molecule has 1 heterocycles. The SMILES string of the molecule is CC(C)C(N)C(=O)OC1CN(CO)CC1OC(=O)C(N)C(C)C. The van der Waals surface area contributed by atoms with E-state index in [1.54, 1.807) is 4.90 Å². The molecule has 1 fully saturated rings. The molecular formula is C15H29N3O5. The number of carbonyl (C=O) groups is 2. The predicted octanol–water partition coefficient (Wildman–Crippen LogP) is -0.958. The summed E-state index contributed by atoms with van der Waals surface area (Å²) in [6.07, 6.45) is -1.33. The van der Waals surface area contributed by atoms with E-state index in [9.17, 15) is 14.7 Å². The van der Waals surface area contributed by atoms with Crippen LogP contribution in [0.4, 0.5) is 0 Å². The lowest BCUT2D eigenvalue weighted by atomic mass is 10.1. The second kappa shape index (κ2) is 8.58. The van der Waals surface area contributed by atoms with Gasteiger partial charge in [0.25, 0.3) is 0 Å². The minimum absolute atomic E-state index is 0.0618. The minimum atomic E-state index is -0.743. The van der Waals surface area contributed by atoms with E-state index in [4.69, 9.17) is 20.9 Å². The molecule has 134 valence electrons. The number of hydrogen-bond acceptors (Lipinski definition) is 8. The molecule has 0 aliphatic carbocycles. The van der Waals surface area contributed by atoms with Gasteiger partial charge in [-0.1, -0.05) is 27.7 Å². The fourth-order valence-corrected chi connectivity index (χ4v) is 2.16. The summed E-state index contributed by atoms with van der Waals surface area (Å²) in [5.41, 5.74) is 11.5. The summed E-state index contributed by atoms with van der Waals surface area (Å²) in [6.45, 7) is 7.62. The van der Waals surface area contributed by atoms with Crippen LogP contribution < -0.4 is 11.5 Å². The van der Waals surface area contributed by atoms with E-state index in [-0.39, 0.29) is 31.7 Å². The summed E-state index contributed by atoms with van der Waals surface area (Å²) in [6, 6.07) is -1.49. The van der Waals surface area contributed by atoms with Crippen molar-refractivity contribution in [3.63, 3.8) is 0 Å². The topological polar surface area (TPSA) is 128 Å². The van der Waals surface area contributed by atoms with Crippen molar-refractivity contribution in [1.29, 1.82) is 0 Å². The fourth-order valence-electron chi connectivity index (χ4n) is 2.16. The molecule has 0 spiro atoms. The largest absolute Gasteiger partial charge is 0.456 e. The first-order valence-electron chi connectivity index (χ1n) is 7.92. The highest BCUT2D eigenvalue weighted by atomic mass is 16.6. The summed E-state index contributed by atoms with van der Waals surface area (Å²) < 4.78 is 10.8. The zero-order valence-corrected chi connectivity index (χ0v) is 14.3. The van der Waals surface area contributed by atoms with Gasteiger partial charge in [0.1, 0.15) is 12.1 Å². The number of nitrogens with two attached hydrogens (primary N) is 2. The number of aliphatic hydroxyl groups excluding tert-OH is 1. The van der Waals surface area contributed by atoms with Crippen LogP contribution in [-0.4, -0.2) is 66.1 Å². The van der Waals surface area contributed by atoms with Crippen molar-refractivity contribution in [2.24, 2.45) is 23.3 Å². The Balaban J connectivity index is 2.71. The Labute approximate surface area is 137 Å². The predicted molar refractivity (Wildman–Crippen MR) is 84.0 cm³/mol. The van der Waals surface area contributed by atoms with E-state index < -0.39 is 36.2 Å². The zero-order valence-electron chi connectivity index (χ0n) is 14.3. The molecule has 4 unspecified atom stereocenters. The second-order valence-corrected chi connectivity index (χ2v) is 6.67. The molecule has 1 rings (SSSR count). The van der Waals surface area contributed by atoms with Gasteiger partial charge in [-0.2, -0.15) is 0 Å². The van der Waals surface area contributed by atoms with Crippen LogP contribution in [0.5, 0.6) is 0 Å². The first-order chi connectivity index (χ1) is 10.7. The molecule has 0 saturated carbocycles. The molecule has 4 atom stereocenters. The minimum Gasteiger partial charge on any atom is -0.456 e. The van der Waals surface area contributed by atoms with Gasteiger partial charge in [0.2, 0.25) is 0 Å². The van der Waals surface area contributed by atoms with Gasteiger partial charge in [0, 0.05) is 13.1 Å². The molecule has 0 aromatic carbocycles. The molecule has 8 heteroatoms. The van der Waals surface area contributed by atoms with Crippen molar-refractivity contribution in [3.8, 4) is 0 Å². The van der Waals surface area contributed by atoms with Crippen LogP contribution in [0.2, 0.25) is 0 Å². The van der Waals surface area contributed by atoms with Crippen molar-refractivity contribution in [2.45, 2.75) is 52.0 Å². The molecule has 1 aliphatic rings. The molecule has 0 bridgehead atoms. The van der Waals surface area contributed by atoms with Gasteiger partial charge in [0.05, 0.1) is 6.73 Å². The summed E-state index contributed by atoms with van der Waals surface area (Å²) in [5.74, 6) is -1.21. The number of likely N-dealkylation sites (tertiary alicyclic amines) is 1. The van der Waals surface area contributed by atoms with E-state index >= 15 is 0 Å². The van der Waals surface area contributed by atoms with Gasteiger partial charge in [0.15, 0.2) is 12.2 Å². The maximum Gasteiger partial charge on any atom is 0.323 e. The molecule has 0 amide bonds. The van der Waals surface area contributed by atoms with Crippen LogP contribution in [0.15, 0.2) is 0 Å². The third-order valence-electron chi connectivity index (χ3n) is 4.01. The number of hydrogen-bond donors (Lipinski definition) is 3. The summed E-state index contributed by atoms with van der Waals surface area (Å²) in [7, 11) is 0. The average Bonchev–Trinajstić information content (AvgIpc) is 2.87. The van der Waals surface area contributed by atoms with Gasteiger partial charge in [-0.15, -0.1) is 0 Å². The van der Waals surface area contributed by atoms with Gasteiger partial charge < -0.3 is 26.0 Å². The molecule has 0 radical (unpaired) electrons. The quantitative estimate of drug-likeness (QED) is 0.509. The van der Waals surface area contributed by atoms with Crippen LogP contribution in [-0.2, 0) is 19.1 Å². The second-order valence-electron chi connectivity index (χ2n) is 6.67. The Bertz CT molecular complexity index is 380. The van der Waals surface area contributed by atoms with Gasteiger partial charge >= 0.3 is 11.9 Å². The third-order valence-corrected chi connectivity index (χ3v) is 4.01. The van der Waals surface area contributed by atoms with E-state index in [0.29, 0.717) is 0 Å². The lowest BCUT2D eigenvalue weighted by molar-refractivity contribution is -0.166. The number of rotatable bonds is 7. The Morgan fingerprint density at radius 1 is 1.00 bits per heavy atom. The lowest BCUT2D eigenvalue weighted by Crippen LogP contribution is -2.45. The van der Waals surface area contributed by atoms with Gasteiger partial charge in [-0.05, 0) is 11.8 Å². The van der Waals surface area contributed by atoms with Crippen molar-refractivity contribution in [3.05, 3.63) is 0 Å². The molecule has 0 aromatic rings. The highest BCUT2D eigenvalue weighted by Crippen LogP contribution is 2.19. The molecular weight excluding hydrogens is 302 g/mol. The van der Waals surface area contributed by atoms with Crippen LogP contribution >= 0.6 is 0 Å². The summed E-state index contributed by atoms with van der Waals surface area (Å²) in [4.78, 5) is 25.7. The molecule has 0 aromatic heterocycles. The van der Waals surface area contributed by atoms with Crippen molar-refractivity contribution >= 4 is 11.9 Å². The Morgan fingerprint density at radius 3 is 1.61 bits per heavy atom. The van der Waals surface area contributed by atoms with E-state index in [1.165, 1.54) is 0 Å². The molecule has 8 nitrogen and oxygen atoms in total. The van der Waals surface area contributed by atoms with E-state index in [1.807, 2.05) is 27.7 Å². The maximum atomic E-state index is 12.0. The average molecular weight is 331 g/mol. The normalized spacial score (nSPS) is 24.7. The van der Waals surface area contributed by atoms with Crippen LogP contribution in [0.25, 0.3) is 0 Å². The van der Waals surface area contributed by atoms with Crippen molar-refractivity contribution in [2.75, 3.05) is 19.8 Å². The lowest BCUT2D eigenvalue weighted by Gasteiger charge is -2.24. The molecule has 23 heavy (non-hydrogen) atoms. The Morgan fingerprint density at radius 2 is 1.35 bits per heavy atom. The molecule has 1 aliphatic heterocycles. The highest BCUT2D eigenvalue weighted by Gasteiger charge is 2.40. The molecule has 1 saturated heterocycles. The zero-order chi connectivity index (χ0) is 17.7. The smallest absolute Gasteiger partial charge is 0.323 e. The number of aliphatic hydroxyl groups is 1. The van der Waals surface area contributed by atoms with Gasteiger partial charge in [-0.25, -0.2) is 0 Å². The molecule has 5 N–H and O–H groups in total. The van der Waals surface area contributed by atoms with Gasteiger partial charge in [-0.3, -0.25) is 14.5 Å². The van der Waals surface area contributed by atoms with Crippen LogP contribution in [0.1, 0.15) is 27.7 Å². The number of esters is 2. The Kier molecular flexibility index (Phi) is 7.40. The van der Waals surface area contributed by atoms with Crippen molar-refractivity contribution in [1.82, 2.24) is 4.90 Å². The van der Waals surface area contributed by atoms with Crippen molar-refractivity contribution < 1.29 is 24.2 Å². The Hall–Kier alpha value is -1.22. The first kappa shape index (κ1) is 19.8. The number of nitrogens with zero attached hydrogens (tertiary/aromatic N) is 1. The number of carbonyl (C=O) groups excluding carboxylic acids is 2. The van der Waals surface area contributed by atoms with Crippen LogP contribution in [0, 0.1) is 11.8 Å². The van der Waals surface area contributed by atoms with E-state index in [2.05, 4.69) is 0 Å². The summed E-state index contributed by atoms with van der Waals surface area (Å²) >= 11 is 0. The fraction of sp³-hybridized carbons (Fsp3) is 0.867. The monoisotopic (exact) mass is 331 g/mol. The number of ether oxygens (including phenoxy) is 2.